The Bertz CT molecular complexity index is 670. The molecule has 1 aliphatic heterocycles. The summed E-state index contributed by atoms with van der Waals surface area (Å²) >= 11 is 0. The van der Waals surface area contributed by atoms with Crippen molar-refractivity contribution in [1.29, 1.82) is 0 Å². The van der Waals surface area contributed by atoms with Gasteiger partial charge >= 0.3 is 5.97 Å². The van der Waals surface area contributed by atoms with Gasteiger partial charge in [0.2, 0.25) is 0 Å². The fourth-order valence-corrected chi connectivity index (χ4v) is 3.19. The molecule has 0 bridgehead atoms. The maximum absolute atomic E-state index is 11.2. The van der Waals surface area contributed by atoms with Crippen molar-refractivity contribution in [2.24, 2.45) is 5.41 Å². The van der Waals surface area contributed by atoms with Crippen molar-refractivity contribution >= 4 is 16.9 Å². The second-order valence-electron chi connectivity index (χ2n) is 6.80. The number of nitrogens with zero attached hydrogens (tertiary/aromatic N) is 2. The number of carboxylic acid groups (broad SMARTS) is 1. The van der Waals surface area contributed by atoms with Crippen LogP contribution < -0.4 is 0 Å². The smallest absolute Gasteiger partial charge is 0.310 e. The number of carboxylic acids is 1. The van der Waals surface area contributed by atoms with Crippen LogP contribution in [0.2, 0.25) is 0 Å². The standard InChI is InChI=1S/C17H22N2O3.C2H6/c1-17(2,16(20)21)11-19-9-7-12(8-10-19)15-13-5-3-4-6-14(13)22-18-15;1-2/h3-6,12H,7-11H2,1-2H3,(H,20,21);1-2H3. The van der Waals surface area contributed by atoms with Crippen molar-refractivity contribution in [1.82, 2.24) is 10.1 Å². The molecule has 1 aromatic carbocycles. The second-order valence-corrected chi connectivity index (χ2v) is 6.80. The van der Waals surface area contributed by atoms with Gasteiger partial charge in [0, 0.05) is 17.8 Å². The number of para-hydroxylation sites is 1. The maximum Gasteiger partial charge on any atom is 0.310 e. The van der Waals surface area contributed by atoms with E-state index in [0.717, 1.165) is 42.6 Å². The number of fused-ring (bicyclic) bond motifs is 1. The third-order valence-corrected chi connectivity index (χ3v) is 4.58. The molecular formula is C19H28N2O3. The quantitative estimate of drug-likeness (QED) is 0.911. The molecule has 2 aromatic rings. The molecule has 132 valence electrons. The van der Waals surface area contributed by atoms with Crippen molar-refractivity contribution < 1.29 is 14.4 Å². The molecule has 0 spiro atoms. The molecule has 3 rings (SSSR count). The van der Waals surface area contributed by atoms with E-state index in [1.807, 2.05) is 32.0 Å². The summed E-state index contributed by atoms with van der Waals surface area (Å²) < 4.78 is 5.40. The number of carbonyl (C=O) groups is 1. The highest BCUT2D eigenvalue weighted by Crippen LogP contribution is 2.33. The molecule has 1 N–H and O–H groups in total. The number of hydrogen-bond donors (Lipinski definition) is 1. The molecule has 5 heteroatoms. The van der Waals surface area contributed by atoms with E-state index < -0.39 is 11.4 Å². The van der Waals surface area contributed by atoms with E-state index in [1.54, 1.807) is 13.8 Å². The van der Waals surface area contributed by atoms with Gasteiger partial charge in [-0.3, -0.25) is 4.79 Å². The molecule has 0 aliphatic carbocycles. The van der Waals surface area contributed by atoms with Crippen LogP contribution in [0.25, 0.3) is 11.0 Å². The first-order valence-corrected chi connectivity index (χ1v) is 8.77. The summed E-state index contributed by atoms with van der Waals surface area (Å²) in [6, 6.07) is 7.96. The average Bonchev–Trinajstić information content (AvgIpc) is 3.01. The molecule has 0 atom stereocenters. The second kappa shape index (κ2) is 7.79. The van der Waals surface area contributed by atoms with E-state index in [2.05, 4.69) is 16.1 Å². The molecule has 0 amide bonds. The predicted octanol–water partition coefficient (Wildman–Crippen LogP) is 4.14. The molecular weight excluding hydrogens is 304 g/mol. The molecule has 2 heterocycles. The number of rotatable bonds is 4. The van der Waals surface area contributed by atoms with Gasteiger partial charge < -0.3 is 14.5 Å². The Hall–Kier alpha value is -1.88. The number of likely N-dealkylation sites (tertiary alicyclic amines) is 1. The van der Waals surface area contributed by atoms with Gasteiger partial charge in [0.25, 0.3) is 0 Å². The molecule has 5 nitrogen and oxygen atoms in total. The van der Waals surface area contributed by atoms with Gasteiger partial charge in [-0.15, -0.1) is 0 Å². The Morgan fingerprint density at radius 3 is 2.54 bits per heavy atom. The fourth-order valence-electron chi connectivity index (χ4n) is 3.19. The van der Waals surface area contributed by atoms with Crippen LogP contribution >= 0.6 is 0 Å². The summed E-state index contributed by atoms with van der Waals surface area (Å²) in [5, 5.41) is 14.6. The van der Waals surface area contributed by atoms with Crippen molar-refractivity contribution in [2.75, 3.05) is 19.6 Å². The van der Waals surface area contributed by atoms with Gasteiger partial charge in [-0.1, -0.05) is 31.1 Å². The van der Waals surface area contributed by atoms with Crippen LogP contribution in [0.3, 0.4) is 0 Å². The molecule has 1 saturated heterocycles. The Labute approximate surface area is 143 Å². The number of aliphatic carboxylic acids is 1. The van der Waals surface area contributed by atoms with E-state index in [9.17, 15) is 9.90 Å². The van der Waals surface area contributed by atoms with E-state index >= 15 is 0 Å². The van der Waals surface area contributed by atoms with Crippen molar-refractivity contribution in [2.45, 2.75) is 46.5 Å². The first kappa shape index (κ1) is 18.5. The van der Waals surface area contributed by atoms with Gasteiger partial charge in [-0.2, -0.15) is 0 Å². The number of aromatic nitrogens is 1. The minimum Gasteiger partial charge on any atom is -0.481 e. The zero-order valence-electron chi connectivity index (χ0n) is 15.1. The Kier molecular flexibility index (Phi) is 5.99. The number of benzene rings is 1. The van der Waals surface area contributed by atoms with Gasteiger partial charge in [0.15, 0.2) is 5.58 Å². The van der Waals surface area contributed by atoms with Gasteiger partial charge in [-0.25, -0.2) is 0 Å². The number of hydrogen-bond acceptors (Lipinski definition) is 4. The lowest BCUT2D eigenvalue weighted by Crippen LogP contribution is -2.42. The monoisotopic (exact) mass is 332 g/mol. The first-order chi connectivity index (χ1) is 11.5. The maximum atomic E-state index is 11.2. The van der Waals surface area contributed by atoms with Crippen LogP contribution in [-0.4, -0.2) is 40.8 Å². The van der Waals surface area contributed by atoms with Gasteiger partial charge in [0.05, 0.1) is 11.1 Å². The zero-order chi connectivity index (χ0) is 17.7. The molecule has 1 aromatic heterocycles. The molecule has 1 aliphatic rings. The Morgan fingerprint density at radius 1 is 1.29 bits per heavy atom. The minimum absolute atomic E-state index is 0.396. The highest BCUT2D eigenvalue weighted by atomic mass is 16.5. The summed E-state index contributed by atoms with van der Waals surface area (Å²) in [6.07, 6.45) is 1.98. The summed E-state index contributed by atoms with van der Waals surface area (Å²) in [5.41, 5.74) is 1.19. The highest BCUT2D eigenvalue weighted by molar-refractivity contribution is 5.79. The fraction of sp³-hybridized carbons (Fsp3) is 0.579. The lowest BCUT2D eigenvalue weighted by molar-refractivity contribution is -0.148. The third kappa shape index (κ3) is 3.96. The lowest BCUT2D eigenvalue weighted by Gasteiger charge is -2.35. The topological polar surface area (TPSA) is 66.6 Å². The summed E-state index contributed by atoms with van der Waals surface area (Å²) in [5.74, 6) is -0.343. The zero-order valence-corrected chi connectivity index (χ0v) is 15.1. The summed E-state index contributed by atoms with van der Waals surface area (Å²) in [6.45, 7) is 9.97. The first-order valence-electron chi connectivity index (χ1n) is 8.77. The normalized spacial score (nSPS) is 16.7. The van der Waals surface area contributed by atoms with Crippen LogP contribution in [0.1, 0.15) is 52.1 Å². The van der Waals surface area contributed by atoms with Crippen molar-refractivity contribution in [3.05, 3.63) is 30.0 Å². The largest absolute Gasteiger partial charge is 0.481 e. The van der Waals surface area contributed by atoms with Crippen LogP contribution in [0.15, 0.2) is 28.8 Å². The lowest BCUT2D eigenvalue weighted by atomic mass is 9.88. The molecule has 1 fully saturated rings. The third-order valence-electron chi connectivity index (χ3n) is 4.58. The Morgan fingerprint density at radius 2 is 1.92 bits per heavy atom. The predicted molar refractivity (Wildman–Crippen MR) is 95.2 cm³/mol. The number of piperidine rings is 1. The van der Waals surface area contributed by atoms with Crippen LogP contribution in [-0.2, 0) is 4.79 Å². The minimum atomic E-state index is -0.739. The van der Waals surface area contributed by atoms with Gasteiger partial charge in [0.1, 0.15) is 0 Å². The Balaban J connectivity index is 0.00000100. The summed E-state index contributed by atoms with van der Waals surface area (Å²) in [7, 11) is 0. The van der Waals surface area contributed by atoms with E-state index in [1.165, 1.54) is 0 Å². The molecule has 0 radical (unpaired) electrons. The average molecular weight is 332 g/mol. The van der Waals surface area contributed by atoms with E-state index in [4.69, 9.17) is 4.52 Å². The van der Waals surface area contributed by atoms with E-state index in [-0.39, 0.29) is 0 Å². The van der Waals surface area contributed by atoms with E-state index in [0.29, 0.717) is 12.5 Å². The van der Waals surface area contributed by atoms with Crippen LogP contribution in [0.5, 0.6) is 0 Å². The van der Waals surface area contributed by atoms with Crippen LogP contribution in [0.4, 0.5) is 0 Å². The summed E-state index contributed by atoms with van der Waals surface area (Å²) in [4.78, 5) is 13.5. The molecule has 24 heavy (non-hydrogen) atoms. The highest BCUT2D eigenvalue weighted by Gasteiger charge is 2.32. The SMILES string of the molecule is CC.CC(C)(CN1CCC(c2noc3ccccc23)CC1)C(=O)O. The van der Waals surface area contributed by atoms with Crippen molar-refractivity contribution in [3.8, 4) is 0 Å². The molecule has 0 unspecified atom stereocenters. The molecule has 0 saturated carbocycles. The van der Waals surface area contributed by atoms with Crippen molar-refractivity contribution in [3.63, 3.8) is 0 Å². The van der Waals surface area contributed by atoms with Gasteiger partial charge in [-0.05, 0) is 51.9 Å². The van der Waals surface area contributed by atoms with Crippen LogP contribution in [0, 0.1) is 5.41 Å².